The molecular formula is C6H8O6. The topological polar surface area (TPSA) is 104 Å². The van der Waals surface area contributed by atoms with Gasteiger partial charge in [0, 0.05) is 0 Å². The normalized spacial score (nSPS) is 42.1. The van der Waals surface area contributed by atoms with Crippen LogP contribution in [0.1, 0.15) is 0 Å². The standard InChI is InChI=1S/C6H8O6/c7-1-2-3(8)4(9)5(10)6(11)12-2/h1-5,8-10H/t2-,3+,4-,5+/m0/s1. The van der Waals surface area contributed by atoms with Crippen LogP contribution in [0.5, 0.6) is 0 Å². The molecule has 1 aliphatic heterocycles. The molecule has 1 heterocycles. The number of rotatable bonds is 1. The maximum atomic E-state index is 10.6. The van der Waals surface area contributed by atoms with Gasteiger partial charge in [-0.05, 0) is 0 Å². The van der Waals surface area contributed by atoms with Crippen LogP contribution in [-0.4, -0.2) is 52.0 Å². The quantitative estimate of drug-likeness (QED) is 0.294. The highest BCUT2D eigenvalue weighted by atomic mass is 16.6. The minimum atomic E-state index is -1.78. The summed E-state index contributed by atoms with van der Waals surface area (Å²) >= 11 is 0. The second-order valence-electron chi connectivity index (χ2n) is 2.46. The zero-order chi connectivity index (χ0) is 9.30. The lowest BCUT2D eigenvalue weighted by molar-refractivity contribution is -0.200. The average Bonchev–Trinajstić information content (AvgIpc) is 2.08. The van der Waals surface area contributed by atoms with Gasteiger partial charge in [0.25, 0.3) is 0 Å². The van der Waals surface area contributed by atoms with Crippen LogP contribution in [0, 0.1) is 0 Å². The fourth-order valence-corrected chi connectivity index (χ4v) is 0.902. The van der Waals surface area contributed by atoms with E-state index in [1.165, 1.54) is 0 Å². The Bertz CT molecular complexity index is 200. The molecule has 1 aliphatic rings. The van der Waals surface area contributed by atoms with Crippen molar-refractivity contribution in [3.63, 3.8) is 0 Å². The summed E-state index contributed by atoms with van der Waals surface area (Å²) in [4.78, 5) is 20.8. The molecule has 0 unspecified atom stereocenters. The Labute approximate surface area is 67.4 Å². The van der Waals surface area contributed by atoms with E-state index in [-0.39, 0.29) is 6.29 Å². The van der Waals surface area contributed by atoms with E-state index >= 15 is 0 Å². The first-order chi connectivity index (χ1) is 5.57. The Balaban J connectivity index is 2.76. The molecule has 0 aromatic heterocycles. The molecule has 3 N–H and O–H groups in total. The number of hydrogen-bond acceptors (Lipinski definition) is 6. The maximum Gasteiger partial charge on any atom is 0.338 e. The highest BCUT2D eigenvalue weighted by molar-refractivity contribution is 5.79. The molecule has 0 radical (unpaired) electrons. The van der Waals surface area contributed by atoms with Crippen molar-refractivity contribution >= 4 is 12.3 Å². The number of carbonyl (C=O) groups is 2. The molecule has 0 amide bonds. The fourth-order valence-electron chi connectivity index (χ4n) is 0.902. The van der Waals surface area contributed by atoms with Gasteiger partial charge in [0.1, 0.15) is 12.2 Å². The van der Waals surface area contributed by atoms with Gasteiger partial charge >= 0.3 is 5.97 Å². The minimum Gasteiger partial charge on any atom is -0.450 e. The van der Waals surface area contributed by atoms with E-state index in [1.54, 1.807) is 0 Å². The summed E-state index contributed by atoms with van der Waals surface area (Å²) in [6.45, 7) is 0. The second kappa shape index (κ2) is 3.18. The van der Waals surface area contributed by atoms with Gasteiger partial charge in [-0.25, -0.2) is 4.79 Å². The summed E-state index contributed by atoms with van der Waals surface area (Å²) < 4.78 is 4.26. The monoisotopic (exact) mass is 176 g/mol. The van der Waals surface area contributed by atoms with Gasteiger partial charge in [-0.3, -0.25) is 4.79 Å². The smallest absolute Gasteiger partial charge is 0.338 e. The molecule has 4 atom stereocenters. The third-order valence-electron chi connectivity index (χ3n) is 1.64. The summed E-state index contributed by atoms with van der Waals surface area (Å²) in [6, 6.07) is 0. The molecular weight excluding hydrogens is 168 g/mol. The molecule has 12 heavy (non-hydrogen) atoms. The van der Waals surface area contributed by atoms with Crippen LogP contribution < -0.4 is 0 Å². The molecule has 0 saturated carbocycles. The molecule has 68 valence electrons. The minimum absolute atomic E-state index is 0.192. The Morgan fingerprint density at radius 1 is 1.25 bits per heavy atom. The van der Waals surface area contributed by atoms with Gasteiger partial charge in [0.05, 0.1) is 0 Å². The largest absolute Gasteiger partial charge is 0.450 e. The first-order valence-corrected chi connectivity index (χ1v) is 3.28. The van der Waals surface area contributed by atoms with Crippen molar-refractivity contribution < 1.29 is 29.6 Å². The summed E-state index contributed by atoms with van der Waals surface area (Å²) in [5.74, 6) is -1.11. The summed E-state index contributed by atoms with van der Waals surface area (Å²) in [5.41, 5.74) is 0. The fraction of sp³-hybridized carbons (Fsp3) is 0.667. The molecule has 1 rings (SSSR count). The Kier molecular flexibility index (Phi) is 2.41. The zero-order valence-corrected chi connectivity index (χ0v) is 5.95. The summed E-state index contributed by atoms with van der Waals surface area (Å²) in [6.07, 6.45) is -6.21. The molecule has 0 aromatic rings. The van der Waals surface area contributed by atoms with Crippen LogP contribution in [0.15, 0.2) is 0 Å². The van der Waals surface area contributed by atoms with E-state index in [4.69, 9.17) is 15.3 Å². The van der Waals surface area contributed by atoms with Gasteiger partial charge in [-0.1, -0.05) is 0 Å². The highest BCUT2D eigenvalue weighted by Gasteiger charge is 2.43. The molecule has 6 nitrogen and oxygen atoms in total. The highest BCUT2D eigenvalue weighted by Crippen LogP contribution is 2.14. The van der Waals surface area contributed by atoms with Crippen LogP contribution in [0.2, 0.25) is 0 Å². The number of hydrogen-bond donors (Lipinski definition) is 3. The van der Waals surface area contributed by atoms with Crippen LogP contribution >= 0.6 is 0 Å². The lowest BCUT2D eigenvalue weighted by atomic mass is 10.0. The van der Waals surface area contributed by atoms with E-state index in [0.717, 1.165) is 0 Å². The molecule has 6 heteroatoms. The van der Waals surface area contributed by atoms with E-state index in [2.05, 4.69) is 4.74 Å². The number of aliphatic hydroxyl groups is 3. The van der Waals surface area contributed by atoms with Gasteiger partial charge in [-0.2, -0.15) is 0 Å². The van der Waals surface area contributed by atoms with Crippen molar-refractivity contribution in [3.05, 3.63) is 0 Å². The van der Waals surface area contributed by atoms with Crippen LogP contribution in [0.25, 0.3) is 0 Å². The number of aldehydes is 1. The Morgan fingerprint density at radius 3 is 2.33 bits per heavy atom. The van der Waals surface area contributed by atoms with Crippen molar-refractivity contribution in [1.82, 2.24) is 0 Å². The number of carbonyl (C=O) groups excluding carboxylic acids is 2. The van der Waals surface area contributed by atoms with Crippen LogP contribution in [-0.2, 0) is 14.3 Å². The second-order valence-corrected chi connectivity index (χ2v) is 2.46. The van der Waals surface area contributed by atoms with Crippen LogP contribution in [0.4, 0.5) is 0 Å². The lowest BCUT2D eigenvalue weighted by Gasteiger charge is -2.31. The first-order valence-electron chi connectivity index (χ1n) is 3.28. The van der Waals surface area contributed by atoms with Crippen molar-refractivity contribution in [2.24, 2.45) is 0 Å². The van der Waals surface area contributed by atoms with Gasteiger partial charge in [-0.15, -0.1) is 0 Å². The van der Waals surface area contributed by atoms with E-state index < -0.39 is 30.4 Å². The van der Waals surface area contributed by atoms with Crippen LogP contribution in [0.3, 0.4) is 0 Å². The third kappa shape index (κ3) is 1.31. The van der Waals surface area contributed by atoms with Crippen molar-refractivity contribution in [3.8, 4) is 0 Å². The molecule has 0 spiro atoms. The van der Waals surface area contributed by atoms with Gasteiger partial charge in [0.2, 0.25) is 0 Å². The molecule has 0 aliphatic carbocycles. The van der Waals surface area contributed by atoms with Crippen molar-refractivity contribution in [2.45, 2.75) is 24.4 Å². The number of cyclic esters (lactones) is 1. The Hall–Kier alpha value is -0.980. The average molecular weight is 176 g/mol. The first kappa shape index (κ1) is 9.11. The number of aliphatic hydroxyl groups excluding tert-OH is 3. The molecule has 0 aromatic carbocycles. The molecule has 1 saturated heterocycles. The van der Waals surface area contributed by atoms with E-state index in [0.29, 0.717) is 0 Å². The van der Waals surface area contributed by atoms with Crippen molar-refractivity contribution in [1.29, 1.82) is 0 Å². The maximum absolute atomic E-state index is 10.6. The predicted octanol–water partition coefficient (Wildman–Crippen LogP) is -2.81. The number of ether oxygens (including phenoxy) is 1. The lowest BCUT2D eigenvalue weighted by Crippen LogP contribution is -2.56. The Morgan fingerprint density at radius 2 is 1.83 bits per heavy atom. The predicted molar refractivity (Wildman–Crippen MR) is 34.0 cm³/mol. The zero-order valence-electron chi connectivity index (χ0n) is 5.95. The molecule has 1 fully saturated rings. The van der Waals surface area contributed by atoms with Gasteiger partial charge < -0.3 is 20.1 Å². The summed E-state index contributed by atoms with van der Waals surface area (Å²) in [5, 5.41) is 26.8. The third-order valence-corrected chi connectivity index (χ3v) is 1.64. The van der Waals surface area contributed by atoms with E-state index in [1.807, 2.05) is 0 Å². The van der Waals surface area contributed by atoms with Gasteiger partial charge in [0.15, 0.2) is 18.5 Å². The molecule has 0 bridgehead atoms. The SMILES string of the molecule is O=C[C@@H]1OC(=O)[C@H](O)[C@@H](O)[C@@H]1O. The summed E-state index contributed by atoms with van der Waals surface area (Å²) in [7, 11) is 0. The van der Waals surface area contributed by atoms with E-state index in [9.17, 15) is 9.59 Å². The number of esters is 1. The van der Waals surface area contributed by atoms with Crippen molar-refractivity contribution in [2.75, 3.05) is 0 Å².